The zero-order valence-corrected chi connectivity index (χ0v) is 13.4. The summed E-state index contributed by atoms with van der Waals surface area (Å²) in [5.74, 6) is 0.727. The van der Waals surface area contributed by atoms with Gasteiger partial charge in [0.25, 0.3) is 0 Å². The summed E-state index contributed by atoms with van der Waals surface area (Å²) in [5.41, 5.74) is 3.00. The molecule has 2 heteroatoms. The van der Waals surface area contributed by atoms with E-state index in [9.17, 15) is 0 Å². The molecule has 20 heavy (non-hydrogen) atoms. The molecule has 0 spiro atoms. The molecule has 0 saturated carbocycles. The fraction of sp³-hybridized carbons (Fsp3) is 0.667. The molecule has 1 aromatic rings. The molecule has 0 amide bonds. The Labute approximate surface area is 124 Å². The van der Waals surface area contributed by atoms with Crippen LogP contribution < -0.4 is 10.2 Å². The summed E-state index contributed by atoms with van der Waals surface area (Å²) >= 11 is 0. The fourth-order valence-electron chi connectivity index (χ4n) is 3.19. The first kappa shape index (κ1) is 15.4. The van der Waals surface area contributed by atoms with Gasteiger partial charge in [-0.15, -0.1) is 0 Å². The van der Waals surface area contributed by atoms with Crippen LogP contribution in [0.2, 0.25) is 0 Å². The van der Waals surface area contributed by atoms with Crippen molar-refractivity contribution in [3.05, 3.63) is 29.8 Å². The molecule has 1 aliphatic rings. The SMILES string of the molecule is CCNC(CN1CCCCc2ccccc21)C(C)CC. The maximum Gasteiger partial charge on any atom is 0.0399 e. The molecule has 2 nitrogen and oxygen atoms in total. The molecule has 2 rings (SSSR count). The van der Waals surface area contributed by atoms with Gasteiger partial charge in [-0.25, -0.2) is 0 Å². The van der Waals surface area contributed by atoms with Crippen molar-refractivity contribution in [3.8, 4) is 0 Å². The Hall–Kier alpha value is -1.02. The monoisotopic (exact) mass is 274 g/mol. The first-order chi connectivity index (χ1) is 9.76. The van der Waals surface area contributed by atoms with E-state index in [2.05, 4.69) is 55.3 Å². The quantitative estimate of drug-likeness (QED) is 0.847. The molecule has 0 aliphatic carbocycles. The molecule has 1 aromatic carbocycles. The number of benzene rings is 1. The van der Waals surface area contributed by atoms with Crippen LogP contribution in [0.1, 0.15) is 45.6 Å². The second kappa shape index (κ2) is 7.68. The van der Waals surface area contributed by atoms with Crippen molar-refractivity contribution < 1.29 is 0 Å². The molecule has 2 unspecified atom stereocenters. The van der Waals surface area contributed by atoms with Crippen LogP contribution in [0.4, 0.5) is 5.69 Å². The van der Waals surface area contributed by atoms with E-state index < -0.39 is 0 Å². The van der Waals surface area contributed by atoms with Crippen molar-refractivity contribution in [2.45, 2.75) is 52.5 Å². The van der Waals surface area contributed by atoms with Gasteiger partial charge in [-0.1, -0.05) is 45.4 Å². The van der Waals surface area contributed by atoms with Gasteiger partial charge in [0.05, 0.1) is 0 Å². The van der Waals surface area contributed by atoms with Crippen molar-refractivity contribution in [1.82, 2.24) is 5.32 Å². The summed E-state index contributed by atoms with van der Waals surface area (Å²) in [6.07, 6.45) is 5.12. The third kappa shape index (κ3) is 3.76. The number of fused-ring (bicyclic) bond motifs is 1. The molecule has 1 N–H and O–H groups in total. The maximum atomic E-state index is 3.69. The highest BCUT2D eigenvalue weighted by atomic mass is 15.2. The summed E-state index contributed by atoms with van der Waals surface area (Å²) in [4.78, 5) is 2.61. The summed E-state index contributed by atoms with van der Waals surface area (Å²) in [7, 11) is 0. The molecule has 0 radical (unpaired) electrons. The van der Waals surface area contributed by atoms with Crippen LogP contribution in [0.15, 0.2) is 24.3 Å². The normalized spacial score (nSPS) is 18.2. The molecule has 112 valence electrons. The second-order valence-corrected chi connectivity index (χ2v) is 6.08. The van der Waals surface area contributed by atoms with Crippen molar-refractivity contribution in [2.24, 2.45) is 5.92 Å². The van der Waals surface area contributed by atoms with Gasteiger partial charge in [0.15, 0.2) is 0 Å². The minimum Gasteiger partial charge on any atom is -0.370 e. The van der Waals surface area contributed by atoms with E-state index in [1.165, 1.54) is 43.5 Å². The molecule has 0 fully saturated rings. The van der Waals surface area contributed by atoms with E-state index >= 15 is 0 Å². The number of hydrogen-bond acceptors (Lipinski definition) is 2. The molecule has 0 bridgehead atoms. The average Bonchev–Trinajstić information content (AvgIpc) is 2.68. The van der Waals surface area contributed by atoms with Crippen LogP contribution in [0.3, 0.4) is 0 Å². The highest BCUT2D eigenvalue weighted by Crippen LogP contribution is 2.26. The number of nitrogens with one attached hydrogen (secondary N) is 1. The molecular formula is C18H30N2. The lowest BCUT2D eigenvalue weighted by Gasteiger charge is -2.33. The van der Waals surface area contributed by atoms with Crippen LogP contribution in [-0.4, -0.2) is 25.7 Å². The molecule has 1 heterocycles. The van der Waals surface area contributed by atoms with Crippen LogP contribution in [0, 0.1) is 5.92 Å². The molecule has 2 atom stereocenters. The van der Waals surface area contributed by atoms with Gasteiger partial charge in [0, 0.05) is 24.8 Å². The van der Waals surface area contributed by atoms with E-state index in [4.69, 9.17) is 0 Å². The third-order valence-corrected chi connectivity index (χ3v) is 4.67. The lowest BCUT2D eigenvalue weighted by Crippen LogP contribution is -2.45. The maximum absolute atomic E-state index is 3.69. The predicted molar refractivity (Wildman–Crippen MR) is 88.5 cm³/mol. The number of rotatable bonds is 6. The molecule has 0 saturated heterocycles. The van der Waals surface area contributed by atoms with Crippen molar-refractivity contribution in [1.29, 1.82) is 0 Å². The topological polar surface area (TPSA) is 15.3 Å². The first-order valence-electron chi connectivity index (χ1n) is 8.32. The molecular weight excluding hydrogens is 244 g/mol. The Balaban J connectivity index is 2.14. The highest BCUT2D eigenvalue weighted by Gasteiger charge is 2.21. The predicted octanol–water partition coefficient (Wildman–Crippen LogP) is 3.85. The highest BCUT2D eigenvalue weighted by molar-refractivity contribution is 5.54. The minimum absolute atomic E-state index is 0.594. The van der Waals surface area contributed by atoms with Gasteiger partial charge in [-0.3, -0.25) is 0 Å². The Kier molecular flexibility index (Phi) is 5.90. The van der Waals surface area contributed by atoms with Crippen LogP contribution in [0.25, 0.3) is 0 Å². The van der Waals surface area contributed by atoms with Gasteiger partial charge < -0.3 is 10.2 Å². The summed E-state index contributed by atoms with van der Waals surface area (Å²) in [5, 5.41) is 3.69. The van der Waals surface area contributed by atoms with E-state index in [-0.39, 0.29) is 0 Å². The van der Waals surface area contributed by atoms with Gasteiger partial charge in [0.2, 0.25) is 0 Å². The van der Waals surface area contributed by atoms with Gasteiger partial charge in [0.1, 0.15) is 0 Å². The number of hydrogen-bond donors (Lipinski definition) is 1. The van der Waals surface area contributed by atoms with Crippen molar-refractivity contribution >= 4 is 5.69 Å². The second-order valence-electron chi connectivity index (χ2n) is 6.08. The smallest absolute Gasteiger partial charge is 0.0399 e. The lowest BCUT2D eigenvalue weighted by atomic mass is 9.98. The minimum atomic E-state index is 0.594. The van der Waals surface area contributed by atoms with Gasteiger partial charge in [-0.05, 0) is 43.4 Å². The van der Waals surface area contributed by atoms with E-state index in [0.29, 0.717) is 6.04 Å². The molecule has 1 aliphatic heterocycles. The summed E-state index contributed by atoms with van der Waals surface area (Å²) in [6.45, 7) is 10.3. The standard InChI is InChI=1S/C18H30N2/c1-4-15(3)17(19-5-2)14-20-13-9-8-11-16-10-6-7-12-18(16)20/h6-7,10,12,15,17,19H,4-5,8-9,11,13-14H2,1-3H3. The van der Waals surface area contributed by atoms with E-state index in [1.807, 2.05) is 0 Å². The number of likely N-dealkylation sites (N-methyl/N-ethyl adjacent to an activating group) is 1. The summed E-state index contributed by atoms with van der Waals surface area (Å²) < 4.78 is 0. The average molecular weight is 274 g/mol. The summed E-state index contributed by atoms with van der Waals surface area (Å²) in [6, 6.07) is 9.57. The Morgan fingerprint density at radius 2 is 2.00 bits per heavy atom. The van der Waals surface area contributed by atoms with Crippen molar-refractivity contribution in [3.63, 3.8) is 0 Å². The van der Waals surface area contributed by atoms with Crippen LogP contribution in [-0.2, 0) is 6.42 Å². The Morgan fingerprint density at radius 3 is 2.75 bits per heavy atom. The van der Waals surface area contributed by atoms with Crippen molar-refractivity contribution in [2.75, 3.05) is 24.5 Å². The zero-order chi connectivity index (χ0) is 14.4. The van der Waals surface area contributed by atoms with Gasteiger partial charge >= 0.3 is 0 Å². The molecule has 0 aromatic heterocycles. The number of aryl methyl sites for hydroxylation is 1. The fourth-order valence-corrected chi connectivity index (χ4v) is 3.19. The number of nitrogens with zero attached hydrogens (tertiary/aromatic N) is 1. The largest absolute Gasteiger partial charge is 0.370 e. The van der Waals surface area contributed by atoms with E-state index in [1.54, 1.807) is 0 Å². The third-order valence-electron chi connectivity index (χ3n) is 4.67. The number of anilines is 1. The van der Waals surface area contributed by atoms with Gasteiger partial charge in [-0.2, -0.15) is 0 Å². The van der Waals surface area contributed by atoms with E-state index in [0.717, 1.165) is 19.0 Å². The zero-order valence-electron chi connectivity index (χ0n) is 13.4. The van der Waals surface area contributed by atoms with Crippen LogP contribution in [0.5, 0.6) is 0 Å². The Bertz CT molecular complexity index is 402. The lowest BCUT2D eigenvalue weighted by molar-refractivity contribution is 0.371. The Morgan fingerprint density at radius 1 is 1.20 bits per heavy atom. The number of para-hydroxylation sites is 1. The van der Waals surface area contributed by atoms with Crippen LogP contribution >= 0.6 is 0 Å². The first-order valence-corrected chi connectivity index (χ1v) is 8.32.